The van der Waals surface area contributed by atoms with Gasteiger partial charge in [0, 0.05) is 19.0 Å². The van der Waals surface area contributed by atoms with E-state index in [1.807, 2.05) is 6.92 Å². The van der Waals surface area contributed by atoms with Gasteiger partial charge in [-0.1, -0.05) is 6.42 Å². The fraction of sp³-hybridized carbons (Fsp3) is 0.722. The Balaban J connectivity index is 1.66. The molecule has 2 aliphatic rings. The fourth-order valence-electron chi connectivity index (χ4n) is 4.24. The summed E-state index contributed by atoms with van der Waals surface area (Å²) in [6.07, 6.45) is 13.7. The van der Waals surface area contributed by atoms with Crippen molar-refractivity contribution >= 4 is 5.91 Å². The molecule has 23 heavy (non-hydrogen) atoms. The summed E-state index contributed by atoms with van der Waals surface area (Å²) in [6, 6.07) is 0. The third-order valence-corrected chi connectivity index (χ3v) is 5.62. The highest BCUT2D eigenvalue weighted by molar-refractivity contribution is 5.91. The smallest absolute Gasteiger partial charge is 0.271 e. The normalized spacial score (nSPS) is 21.8. The molecule has 0 aromatic carbocycles. The Bertz CT molecular complexity index is 516. The van der Waals surface area contributed by atoms with Gasteiger partial charge in [-0.3, -0.25) is 9.78 Å². The van der Waals surface area contributed by atoms with E-state index < -0.39 is 0 Å². The summed E-state index contributed by atoms with van der Waals surface area (Å²) >= 11 is 0. The van der Waals surface area contributed by atoms with E-state index in [-0.39, 0.29) is 11.4 Å². The van der Waals surface area contributed by atoms with E-state index in [2.05, 4.69) is 15.3 Å². The molecule has 1 saturated heterocycles. The van der Waals surface area contributed by atoms with Crippen LogP contribution in [0.5, 0.6) is 0 Å². The number of nitrogens with one attached hydrogen (secondary N) is 2. The maximum absolute atomic E-state index is 12.4. The van der Waals surface area contributed by atoms with Gasteiger partial charge in [0.15, 0.2) is 0 Å². The van der Waals surface area contributed by atoms with Crippen LogP contribution in [0.2, 0.25) is 0 Å². The number of aryl methyl sites for hydroxylation is 1. The Morgan fingerprint density at radius 3 is 2.43 bits per heavy atom. The van der Waals surface area contributed by atoms with E-state index in [1.165, 1.54) is 64.5 Å². The van der Waals surface area contributed by atoms with Gasteiger partial charge in [-0.05, 0) is 39.0 Å². The Kier molecular flexibility index (Phi) is 5.26. The molecule has 1 aromatic heterocycles. The average molecular weight is 317 g/mol. The molecule has 3 rings (SSSR count). The number of amides is 1. The van der Waals surface area contributed by atoms with E-state index in [0.29, 0.717) is 5.69 Å². The number of likely N-dealkylation sites (tertiary alicyclic amines) is 1. The summed E-state index contributed by atoms with van der Waals surface area (Å²) in [5, 5.41) is 3.16. The zero-order valence-electron chi connectivity index (χ0n) is 14.2. The second-order valence-corrected chi connectivity index (χ2v) is 7.23. The first-order valence-electron chi connectivity index (χ1n) is 9.12. The van der Waals surface area contributed by atoms with Crippen LogP contribution < -0.4 is 10.2 Å². The van der Waals surface area contributed by atoms with Gasteiger partial charge >= 0.3 is 0 Å². The summed E-state index contributed by atoms with van der Waals surface area (Å²) in [5.74, 6) is -0.0844. The summed E-state index contributed by atoms with van der Waals surface area (Å²) < 4.78 is 0. The molecule has 0 unspecified atom stereocenters. The number of hydrogen-bond acceptors (Lipinski definition) is 3. The molecule has 2 N–H and O–H groups in total. The van der Waals surface area contributed by atoms with E-state index >= 15 is 0 Å². The third kappa shape index (κ3) is 3.89. The van der Waals surface area contributed by atoms with E-state index in [4.69, 9.17) is 0 Å². The van der Waals surface area contributed by atoms with Gasteiger partial charge in [0.2, 0.25) is 0 Å². The molecular weight excluding hydrogens is 288 g/mol. The first-order valence-corrected chi connectivity index (χ1v) is 9.12. The lowest BCUT2D eigenvalue weighted by Crippen LogP contribution is -3.22. The Morgan fingerprint density at radius 2 is 1.78 bits per heavy atom. The van der Waals surface area contributed by atoms with Crippen molar-refractivity contribution in [1.29, 1.82) is 0 Å². The molecule has 0 spiro atoms. The van der Waals surface area contributed by atoms with E-state index in [0.717, 1.165) is 12.2 Å². The van der Waals surface area contributed by atoms with Crippen LogP contribution in [0.25, 0.3) is 0 Å². The van der Waals surface area contributed by atoms with E-state index in [1.54, 1.807) is 17.3 Å². The molecule has 2 heterocycles. The first-order chi connectivity index (χ1) is 11.2. The van der Waals surface area contributed by atoms with E-state index in [9.17, 15) is 4.79 Å². The number of quaternary nitrogens is 1. The molecule has 1 saturated carbocycles. The molecule has 1 aliphatic carbocycles. The minimum Gasteiger partial charge on any atom is -0.344 e. The molecule has 5 nitrogen and oxygen atoms in total. The fourth-order valence-corrected chi connectivity index (χ4v) is 4.24. The monoisotopic (exact) mass is 317 g/mol. The van der Waals surface area contributed by atoms with Crippen molar-refractivity contribution in [1.82, 2.24) is 15.3 Å². The molecule has 5 heteroatoms. The lowest BCUT2D eigenvalue weighted by atomic mass is 9.79. The van der Waals surface area contributed by atoms with Crippen LogP contribution in [0, 0.1) is 6.92 Å². The second kappa shape index (κ2) is 7.39. The standard InChI is InChI=1S/C18H28N4O/c1-15-12-20-16(13-19-15)17(23)21-14-18(8-4-2-5-9-18)22-10-6-3-7-11-22/h12-13H,2-11,14H2,1H3,(H,21,23)/p+1. The van der Waals surface area contributed by atoms with Gasteiger partial charge in [-0.25, -0.2) is 4.98 Å². The number of carbonyl (C=O) groups excluding carboxylic acids is 1. The number of hydrogen-bond donors (Lipinski definition) is 2. The lowest BCUT2D eigenvalue weighted by Gasteiger charge is -2.45. The van der Waals surface area contributed by atoms with Crippen molar-refractivity contribution in [2.75, 3.05) is 19.6 Å². The Morgan fingerprint density at radius 1 is 1.09 bits per heavy atom. The minimum absolute atomic E-state index is 0.0844. The molecule has 0 radical (unpaired) electrons. The zero-order valence-corrected chi connectivity index (χ0v) is 14.2. The lowest BCUT2D eigenvalue weighted by molar-refractivity contribution is -0.957. The van der Waals surface area contributed by atoms with Gasteiger partial charge in [0.25, 0.3) is 5.91 Å². The quantitative estimate of drug-likeness (QED) is 0.880. The molecule has 1 amide bonds. The van der Waals surface area contributed by atoms with Gasteiger partial charge < -0.3 is 10.2 Å². The highest BCUT2D eigenvalue weighted by Gasteiger charge is 2.42. The number of piperidine rings is 1. The van der Waals surface area contributed by atoms with Gasteiger partial charge in [0.1, 0.15) is 11.2 Å². The van der Waals surface area contributed by atoms with Gasteiger partial charge in [-0.2, -0.15) is 0 Å². The van der Waals surface area contributed by atoms with Crippen LogP contribution in [0.1, 0.15) is 67.5 Å². The average Bonchev–Trinajstić information content (AvgIpc) is 2.62. The second-order valence-electron chi connectivity index (χ2n) is 7.23. The third-order valence-electron chi connectivity index (χ3n) is 5.62. The summed E-state index contributed by atoms with van der Waals surface area (Å²) in [7, 11) is 0. The highest BCUT2D eigenvalue weighted by Crippen LogP contribution is 2.26. The molecule has 0 bridgehead atoms. The maximum Gasteiger partial charge on any atom is 0.271 e. The summed E-state index contributed by atoms with van der Waals surface area (Å²) in [4.78, 5) is 22.5. The van der Waals surface area contributed by atoms with Crippen LogP contribution in [0.15, 0.2) is 12.4 Å². The van der Waals surface area contributed by atoms with Gasteiger partial charge in [0.05, 0.1) is 31.5 Å². The van der Waals surface area contributed by atoms with Crippen LogP contribution in [-0.2, 0) is 0 Å². The molecule has 2 fully saturated rings. The van der Waals surface area contributed by atoms with Crippen molar-refractivity contribution in [3.05, 3.63) is 23.8 Å². The number of carbonyl (C=O) groups is 1. The predicted molar refractivity (Wildman–Crippen MR) is 89.5 cm³/mol. The highest BCUT2D eigenvalue weighted by atomic mass is 16.1. The molecule has 1 aromatic rings. The molecule has 0 atom stereocenters. The minimum atomic E-state index is -0.0844. The van der Waals surface area contributed by atoms with Gasteiger partial charge in [-0.15, -0.1) is 0 Å². The largest absolute Gasteiger partial charge is 0.344 e. The van der Waals surface area contributed by atoms with Crippen molar-refractivity contribution in [3.8, 4) is 0 Å². The first kappa shape index (κ1) is 16.4. The van der Waals surface area contributed by atoms with Crippen LogP contribution in [-0.4, -0.2) is 41.0 Å². The molecular formula is C18H29N4O+. The summed E-state index contributed by atoms with van der Waals surface area (Å²) in [5.41, 5.74) is 1.50. The Hall–Kier alpha value is -1.49. The van der Waals surface area contributed by atoms with Crippen molar-refractivity contribution in [3.63, 3.8) is 0 Å². The number of rotatable bonds is 4. The number of nitrogens with zero attached hydrogens (tertiary/aromatic N) is 2. The zero-order chi connectivity index (χ0) is 16.1. The maximum atomic E-state index is 12.4. The van der Waals surface area contributed by atoms with Crippen molar-refractivity contribution < 1.29 is 9.69 Å². The van der Waals surface area contributed by atoms with Crippen molar-refractivity contribution in [2.45, 2.75) is 63.8 Å². The number of aromatic nitrogens is 2. The Labute approximate surface area is 138 Å². The predicted octanol–water partition coefficient (Wildman–Crippen LogP) is 1.29. The SMILES string of the molecule is Cc1cnc(C(=O)NCC2([NH+]3CCCCC3)CCCCC2)cn1. The topological polar surface area (TPSA) is 59.3 Å². The van der Waals surface area contributed by atoms with Crippen molar-refractivity contribution in [2.24, 2.45) is 0 Å². The molecule has 1 aliphatic heterocycles. The van der Waals surface area contributed by atoms with Crippen LogP contribution >= 0.6 is 0 Å². The van der Waals surface area contributed by atoms with Crippen LogP contribution in [0.3, 0.4) is 0 Å². The van der Waals surface area contributed by atoms with Crippen LogP contribution in [0.4, 0.5) is 0 Å². The molecule has 126 valence electrons. The summed E-state index contributed by atoms with van der Waals surface area (Å²) in [6.45, 7) is 5.18.